The molecule has 1 aliphatic rings. The van der Waals surface area contributed by atoms with Crippen molar-refractivity contribution in [3.8, 4) is 5.75 Å². The Labute approximate surface area is 120 Å². The predicted octanol–water partition coefficient (Wildman–Crippen LogP) is 2.19. The number of nitrogens with one attached hydrogen (secondary N) is 2. The Morgan fingerprint density at radius 1 is 1.40 bits per heavy atom. The van der Waals surface area contributed by atoms with Gasteiger partial charge in [0.1, 0.15) is 5.75 Å². The summed E-state index contributed by atoms with van der Waals surface area (Å²) in [4.78, 5) is 11.4. The lowest BCUT2D eigenvalue weighted by Gasteiger charge is -2.14. The van der Waals surface area contributed by atoms with Gasteiger partial charge in [0.2, 0.25) is 0 Å². The average Bonchev–Trinajstić information content (AvgIpc) is 2.85. The second kappa shape index (κ2) is 7.29. The van der Waals surface area contributed by atoms with Crippen LogP contribution >= 0.6 is 0 Å². The number of hydrogen-bond acceptors (Lipinski definition) is 3. The van der Waals surface area contributed by atoms with E-state index in [9.17, 15) is 4.79 Å². The van der Waals surface area contributed by atoms with Crippen LogP contribution in [0.4, 0.5) is 0 Å². The van der Waals surface area contributed by atoms with Gasteiger partial charge in [-0.15, -0.1) is 0 Å². The number of benzene rings is 1. The molecular weight excluding hydrogens is 252 g/mol. The van der Waals surface area contributed by atoms with E-state index in [1.807, 2.05) is 13.0 Å². The minimum Gasteiger partial charge on any atom is -0.484 e. The first-order valence-electron chi connectivity index (χ1n) is 7.50. The van der Waals surface area contributed by atoms with E-state index >= 15 is 0 Å². The molecule has 0 bridgehead atoms. The van der Waals surface area contributed by atoms with Gasteiger partial charge in [-0.05, 0) is 56.0 Å². The third-order valence-corrected chi connectivity index (χ3v) is 3.58. The standard InChI is InChI=1S/C16H24N2O2/c1-3-9-18-15-8-5-12-10-13(6-7-14(12)15)20-11-16(19)17-4-2/h6-7,10,15,18H,3-5,8-9,11H2,1-2H3,(H,17,19). The topological polar surface area (TPSA) is 50.4 Å². The normalized spacial score (nSPS) is 16.8. The molecule has 1 amide bonds. The molecule has 4 heteroatoms. The molecule has 2 rings (SSSR count). The maximum atomic E-state index is 11.4. The number of rotatable bonds is 7. The van der Waals surface area contributed by atoms with Crippen LogP contribution in [0.15, 0.2) is 18.2 Å². The van der Waals surface area contributed by atoms with Crippen LogP contribution < -0.4 is 15.4 Å². The van der Waals surface area contributed by atoms with Crippen LogP contribution in [0, 0.1) is 0 Å². The lowest BCUT2D eigenvalue weighted by atomic mass is 10.1. The lowest BCUT2D eigenvalue weighted by Crippen LogP contribution is -2.28. The molecule has 2 N–H and O–H groups in total. The molecule has 0 saturated carbocycles. The summed E-state index contributed by atoms with van der Waals surface area (Å²) in [6, 6.07) is 6.64. The molecule has 1 aromatic carbocycles. The van der Waals surface area contributed by atoms with Crippen molar-refractivity contribution < 1.29 is 9.53 Å². The van der Waals surface area contributed by atoms with Gasteiger partial charge in [0, 0.05) is 12.6 Å². The van der Waals surface area contributed by atoms with Crippen molar-refractivity contribution in [2.24, 2.45) is 0 Å². The van der Waals surface area contributed by atoms with E-state index in [-0.39, 0.29) is 12.5 Å². The van der Waals surface area contributed by atoms with Gasteiger partial charge in [-0.1, -0.05) is 13.0 Å². The Kier molecular flexibility index (Phi) is 5.41. The van der Waals surface area contributed by atoms with Crippen LogP contribution in [-0.2, 0) is 11.2 Å². The molecule has 1 unspecified atom stereocenters. The summed E-state index contributed by atoms with van der Waals surface area (Å²) in [6.45, 7) is 5.86. The van der Waals surface area contributed by atoms with Crippen LogP contribution in [-0.4, -0.2) is 25.6 Å². The number of carbonyl (C=O) groups is 1. The monoisotopic (exact) mass is 276 g/mol. The molecule has 0 radical (unpaired) electrons. The van der Waals surface area contributed by atoms with E-state index in [1.165, 1.54) is 11.1 Å². The maximum Gasteiger partial charge on any atom is 0.257 e. The van der Waals surface area contributed by atoms with Crippen LogP contribution in [0.3, 0.4) is 0 Å². The quantitative estimate of drug-likeness (QED) is 0.802. The third kappa shape index (κ3) is 3.73. The van der Waals surface area contributed by atoms with Crippen molar-refractivity contribution in [2.75, 3.05) is 19.7 Å². The Bertz CT molecular complexity index is 460. The molecular formula is C16H24N2O2. The molecule has 1 aliphatic carbocycles. The van der Waals surface area contributed by atoms with Crippen molar-refractivity contribution in [1.82, 2.24) is 10.6 Å². The Balaban J connectivity index is 1.94. The Hall–Kier alpha value is -1.55. The van der Waals surface area contributed by atoms with E-state index in [2.05, 4.69) is 29.7 Å². The van der Waals surface area contributed by atoms with E-state index in [1.54, 1.807) is 0 Å². The van der Waals surface area contributed by atoms with Crippen LogP contribution in [0.25, 0.3) is 0 Å². The number of carbonyl (C=O) groups excluding carboxylic acids is 1. The van der Waals surface area contributed by atoms with Gasteiger partial charge in [-0.3, -0.25) is 4.79 Å². The van der Waals surface area contributed by atoms with Gasteiger partial charge in [0.05, 0.1) is 0 Å². The van der Waals surface area contributed by atoms with E-state index < -0.39 is 0 Å². The summed E-state index contributed by atoms with van der Waals surface area (Å²) >= 11 is 0. The van der Waals surface area contributed by atoms with Crippen molar-refractivity contribution >= 4 is 5.91 Å². The van der Waals surface area contributed by atoms with Gasteiger partial charge < -0.3 is 15.4 Å². The van der Waals surface area contributed by atoms with Gasteiger partial charge in [-0.25, -0.2) is 0 Å². The summed E-state index contributed by atoms with van der Waals surface area (Å²) in [7, 11) is 0. The molecule has 4 nitrogen and oxygen atoms in total. The second-order valence-electron chi connectivity index (χ2n) is 5.15. The number of amides is 1. The zero-order chi connectivity index (χ0) is 14.4. The first kappa shape index (κ1) is 14.9. The molecule has 110 valence electrons. The highest BCUT2D eigenvalue weighted by Gasteiger charge is 2.22. The fourth-order valence-corrected chi connectivity index (χ4v) is 2.61. The Morgan fingerprint density at radius 3 is 3.00 bits per heavy atom. The molecule has 0 aliphatic heterocycles. The number of aryl methyl sites for hydroxylation is 1. The van der Waals surface area contributed by atoms with Crippen molar-refractivity contribution in [3.63, 3.8) is 0 Å². The molecule has 1 atom stereocenters. The molecule has 20 heavy (non-hydrogen) atoms. The van der Waals surface area contributed by atoms with Gasteiger partial charge in [0.25, 0.3) is 5.91 Å². The lowest BCUT2D eigenvalue weighted by molar-refractivity contribution is -0.122. The van der Waals surface area contributed by atoms with Crippen molar-refractivity contribution in [2.45, 2.75) is 39.2 Å². The number of fused-ring (bicyclic) bond motifs is 1. The smallest absolute Gasteiger partial charge is 0.257 e. The van der Waals surface area contributed by atoms with Gasteiger partial charge in [-0.2, -0.15) is 0 Å². The maximum absolute atomic E-state index is 11.4. The SMILES string of the molecule is CCCNC1CCc2cc(OCC(=O)NCC)ccc21. The largest absolute Gasteiger partial charge is 0.484 e. The van der Waals surface area contributed by atoms with Crippen LogP contribution in [0.1, 0.15) is 43.9 Å². The van der Waals surface area contributed by atoms with E-state index in [4.69, 9.17) is 4.74 Å². The minimum atomic E-state index is -0.0736. The average molecular weight is 276 g/mol. The fourth-order valence-electron chi connectivity index (χ4n) is 2.61. The molecule has 0 fully saturated rings. The van der Waals surface area contributed by atoms with Crippen molar-refractivity contribution in [1.29, 1.82) is 0 Å². The summed E-state index contributed by atoms with van der Waals surface area (Å²) in [6.07, 6.45) is 3.38. The minimum absolute atomic E-state index is 0.0736. The first-order chi connectivity index (χ1) is 9.74. The highest BCUT2D eigenvalue weighted by atomic mass is 16.5. The summed E-state index contributed by atoms with van der Waals surface area (Å²) in [5.41, 5.74) is 2.72. The third-order valence-electron chi connectivity index (χ3n) is 3.58. The second-order valence-corrected chi connectivity index (χ2v) is 5.15. The van der Waals surface area contributed by atoms with Gasteiger partial charge in [0.15, 0.2) is 6.61 Å². The number of likely N-dealkylation sites (N-methyl/N-ethyl adjacent to an activating group) is 1. The number of hydrogen-bond donors (Lipinski definition) is 2. The molecule has 0 aromatic heterocycles. The zero-order valence-corrected chi connectivity index (χ0v) is 12.4. The van der Waals surface area contributed by atoms with E-state index in [0.29, 0.717) is 12.6 Å². The molecule has 0 heterocycles. The molecule has 1 aromatic rings. The highest BCUT2D eigenvalue weighted by molar-refractivity contribution is 5.77. The van der Waals surface area contributed by atoms with E-state index in [0.717, 1.165) is 31.6 Å². The van der Waals surface area contributed by atoms with Crippen LogP contribution in [0.5, 0.6) is 5.75 Å². The predicted molar refractivity (Wildman–Crippen MR) is 80.0 cm³/mol. The van der Waals surface area contributed by atoms with Crippen LogP contribution in [0.2, 0.25) is 0 Å². The highest BCUT2D eigenvalue weighted by Crippen LogP contribution is 2.33. The molecule has 0 saturated heterocycles. The molecule has 0 spiro atoms. The fraction of sp³-hybridized carbons (Fsp3) is 0.562. The zero-order valence-electron chi connectivity index (χ0n) is 12.4. The number of ether oxygens (including phenoxy) is 1. The van der Waals surface area contributed by atoms with Crippen molar-refractivity contribution in [3.05, 3.63) is 29.3 Å². The summed E-state index contributed by atoms with van der Waals surface area (Å²) in [5.74, 6) is 0.710. The first-order valence-corrected chi connectivity index (χ1v) is 7.50. The van der Waals surface area contributed by atoms with Gasteiger partial charge >= 0.3 is 0 Å². The summed E-state index contributed by atoms with van der Waals surface area (Å²) in [5, 5.41) is 6.29. The summed E-state index contributed by atoms with van der Waals surface area (Å²) < 4.78 is 5.53. The Morgan fingerprint density at radius 2 is 2.25 bits per heavy atom.